The van der Waals surface area contributed by atoms with Crippen molar-refractivity contribution in [2.45, 2.75) is 13.0 Å². The number of amides is 2. The van der Waals surface area contributed by atoms with E-state index < -0.39 is 17.8 Å². The quantitative estimate of drug-likeness (QED) is 0.892. The number of methoxy groups -OCH3 is 1. The van der Waals surface area contributed by atoms with Gasteiger partial charge in [-0.25, -0.2) is 4.39 Å². The van der Waals surface area contributed by atoms with Gasteiger partial charge >= 0.3 is 0 Å². The van der Waals surface area contributed by atoms with Gasteiger partial charge in [0.15, 0.2) is 0 Å². The number of halogens is 1. The molecule has 1 atom stereocenters. The second-order valence-corrected chi connectivity index (χ2v) is 6.99. The number of carbonyl (C=O) groups excluding carboxylic acids is 2. The van der Waals surface area contributed by atoms with E-state index in [0.717, 1.165) is 11.6 Å². The molecular weight excluding hydrogens is 355 g/mol. The van der Waals surface area contributed by atoms with Crippen molar-refractivity contribution in [1.29, 1.82) is 0 Å². The third-order valence-electron chi connectivity index (χ3n) is 4.12. The first-order chi connectivity index (χ1) is 12.5. The van der Waals surface area contributed by atoms with Crippen LogP contribution in [-0.2, 0) is 4.79 Å². The summed E-state index contributed by atoms with van der Waals surface area (Å²) in [4.78, 5) is 27.0. The zero-order chi connectivity index (χ0) is 18.7. The van der Waals surface area contributed by atoms with Crippen molar-refractivity contribution >= 4 is 29.3 Å². The zero-order valence-corrected chi connectivity index (χ0v) is 15.3. The van der Waals surface area contributed by atoms with E-state index in [0.29, 0.717) is 17.3 Å². The molecule has 26 heavy (non-hydrogen) atoms. The highest BCUT2D eigenvalue weighted by molar-refractivity contribution is 7.99. The van der Waals surface area contributed by atoms with E-state index in [9.17, 15) is 14.0 Å². The molecule has 7 heteroatoms. The molecule has 0 bridgehead atoms. The molecular formula is C19H19FN2O3S. The summed E-state index contributed by atoms with van der Waals surface area (Å²) < 4.78 is 18.8. The summed E-state index contributed by atoms with van der Waals surface area (Å²) in [5.41, 5.74) is 1.83. The Kier molecular flexibility index (Phi) is 5.46. The fourth-order valence-electron chi connectivity index (χ4n) is 2.81. The molecule has 1 unspecified atom stereocenters. The molecule has 3 rings (SSSR count). The first kappa shape index (κ1) is 18.3. The Bertz CT molecular complexity index is 843. The Morgan fingerprint density at radius 1 is 1.27 bits per heavy atom. The number of hydrogen-bond donors (Lipinski definition) is 1. The highest BCUT2D eigenvalue weighted by Gasteiger charge is 2.36. The van der Waals surface area contributed by atoms with E-state index in [1.807, 2.05) is 25.1 Å². The van der Waals surface area contributed by atoms with Crippen LogP contribution in [0.25, 0.3) is 0 Å². The molecule has 5 nitrogen and oxygen atoms in total. The molecule has 1 N–H and O–H groups in total. The Labute approximate surface area is 155 Å². The Hall–Kier alpha value is -2.54. The minimum Gasteiger partial charge on any atom is -0.496 e. The summed E-state index contributed by atoms with van der Waals surface area (Å²) in [6.45, 7) is 1.94. The molecule has 1 fully saturated rings. The first-order valence-electron chi connectivity index (χ1n) is 8.09. The third kappa shape index (κ3) is 3.83. The van der Waals surface area contributed by atoms with E-state index in [-0.39, 0.29) is 17.2 Å². The van der Waals surface area contributed by atoms with E-state index in [1.165, 1.54) is 35.9 Å². The topological polar surface area (TPSA) is 58.6 Å². The Morgan fingerprint density at radius 2 is 2.08 bits per heavy atom. The average Bonchev–Trinajstić information content (AvgIpc) is 3.11. The van der Waals surface area contributed by atoms with Crippen LogP contribution in [0.1, 0.15) is 15.9 Å². The lowest BCUT2D eigenvalue weighted by molar-refractivity contribution is -0.119. The second kappa shape index (κ2) is 7.78. The van der Waals surface area contributed by atoms with Gasteiger partial charge in [-0.3, -0.25) is 9.59 Å². The molecule has 0 radical (unpaired) electrons. The van der Waals surface area contributed by atoms with Crippen LogP contribution < -0.4 is 10.1 Å². The van der Waals surface area contributed by atoms with Gasteiger partial charge in [0.25, 0.3) is 5.91 Å². The van der Waals surface area contributed by atoms with Crippen LogP contribution in [0.2, 0.25) is 0 Å². The van der Waals surface area contributed by atoms with E-state index >= 15 is 0 Å². The summed E-state index contributed by atoms with van der Waals surface area (Å²) in [6, 6.07) is 10.6. The van der Waals surface area contributed by atoms with Crippen LogP contribution in [0.4, 0.5) is 10.1 Å². The molecule has 2 aromatic carbocycles. The highest BCUT2D eigenvalue weighted by Crippen LogP contribution is 2.28. The number of thioether (sulfide) groups is 1. The maximum Gasteiger partial charge on any atom is 0.259 e. The van der Waals surface area contributed by atoms with Crippen molar-refractivity contribution in [3.05, 3.63) is 59.4 Å². The maximum atomic E-state index is 13.6. The van der Waals surface area contributed by atoms with Gasteiger partial charge in [-0.15, -0.1) is 11.8 Å². The fraction of sp³-hybridized carbons (Fsp3) is 0.263. The summed E-state index contributed by atoms with van der Waals surface area (Å²) in [5.74, 6) is -0.0706. The van der Waals surface area contributed by atoms with E-state index in [2.05, 4.69) is 5.32 Å². The number of aryl methyl sites for hydroxylation is 1. The molecule has 1 aliphatic rings. The molecule has 0 saturated carbocycles. The van der Waals surface area contributed by atoms with Gasteiger partial charge < -0.3 is 15.0 Å². The predicted molar refractivity (Wildman–Crippen MR) is 100 cm³/mol. The van der Waals surface area contributed by atoms with Crippen LogP contribution >= 0.6 is 11.8 Å². The lowest BCUT2D eigenvalue weighted by atomic mass is 10.1. The predicted octanol–water partition coefficient (Wildman–Crippen LogP) is 3.30. The van der Waals surface area contributed by atoms with Crippen molar-refractivity contribution in [2.75, 3.05) is 24.1 Å². The largest absolute Gasteiger partial charge is 0.496 e. The number of carbonyl (C=O) groups is 2. The Morgan fingerprint density at radius 3 is 2.81 bits per heavy atom. The number of ether oxygens (including phenoxy) is 1. The first-order valence-corrected chi connectivity index (χ1v) is 9.25. The van der Waals surface area contributed by atoms with Crippen LogP contribution in [0, 0.1) is 12.7 Å². The minimum atomic E-state index is -0.624. The number of anilines is 1. The SMILES string of the molecule is COc1ccc(F)cc1C(=O)N1CSCC1C(=O)Nc1cccc(C)c1. The maximum absolute atomic E-state index is 13.6. The standard InChI is InChI=1S/C19H19FN2O3S/c1-12-4-3-5-14(8-12)21-18(23)16-10-26-11-22(16)19(24)15-9-13(20)6-7-17(15)25-2/h3-9,16H,10-11H2,1-2H3,(H,21,23). The number of hydrogen-bond acceptors (Lipinski definition) is 4. The fourth-order valence-corrected chi connectivity index (χ4v) is 3.96. The summed E-state index contributed by atoms with van der Waals surface area (Å²) in [7, 11) is 1.42. The highest BCUT2D eigenvalue weighted by atomic mass is 32.2. The molecule has 1 saturated heterocycles. The lowest BCUT2D eigenvalue weighted by Crippen LogP contribution is -2.44. The Balaban J connectivity index is 1.80. The van der Waals surface area contributed by atoms with Crippen molar-refractivity contribution in [3.63, 3.8) is 0 Å². The van der Waals surface area contributed by atoms with Gasteiger partial charge in [0.05, 0.1) is 18.6 Å². The third-order valence-corrected chi connectivity index (χ3v) is 5.14. The second-order valence-electron chi connectivity index (χ2n) is 5.99. The van der Waals surface area contributed by atoms with Crippen LogP contribution in [0.15, 0.2) is 42.5 Å². The smallest absolute Gasteiger partial charge is 0.259 e. The summed E-state index contributed by atoms with van der Waals surface area (Å²) in [5, 5.41) is 2.85. The monoisotopic (exact) mass is 374 g/mol. The zero-order valence-electron chi connectivity index (χ0n) is 14.5. The normalized spacial score (nSPS) is 16.4. The van der Waals surface area contributed by atoms with E-state index in [4.69, 9.17) is 4.74 Å². The molecule has 0 aromatic heterocycles. The van der Waals surface area contributed by atoms with Gasteiger partial charge in [-0.1, -0.05) is 12.1 Å². The van der Waals surface area contributed by atoms with Crippen molar-refractivity contribution in [1.82, 2.24) is 4.90 Å². The van der Waals surface area contributed by atoms with Gasteiger partial charge in [-0.2, -0.15) is 0 Å². The van der Waals surface area contributed by atoms with Crippen molar-refractivity contribution in [3.8, 4) is 5.75 Å². The number of benzene rings is 2. The van der Waals surface area contributed by atoms with Gasteiger partial charge in [0, 0.05) is 11.4 Å². The minimum absolute atomic E-state index is 0.114. The van der Waals surface area contributed by atoms with Crippen molar-refractivity contribution in [2.24, 2.45) is 0 Å². The van der Waals surface area contributed by atoms with Gasteiger partial charge in [0.2, 0.25) is 5.91 Å². The number of nitrogens with one attached hydrogen (secondary N) is 1. The summed E-state index contributed by atoms with van der Waals surface area (Å²) >= 11 is 1.48. The molecule has 0 spiro atoms. The van der Waals surface area contributed by atoms with Crippen LogP contribution in [0.3, 0.4) is 0 Å². The summed E-state index contributed by atoms with van der Waals surface area (Å²) in [6.07, 6.45) is 0. The van der Waals surface area contributed by atoms with Gasteiger partial charge in [0.1, 0.15) is 17.6 Å². The molecule has 1 heterocycles. The van der Waals surface area contributed by atoms with Crippen LogP contribution in [0.5, 0.6) is 5.75 Å². The molecule has 0 aliphatic carbocycles. The molecule has 136 valence electrons. The van der Waals surface area contributed by atoms with Crippen LogP contribution in [-0.4, -0.2) is 41.5 Å². The van der Waals surface area contributed by atoms with Crippen molar-refractivity contribution < 1.29 is 18.7 Å². The van der Waals surface area contributed by atoms with Gasteiger partial charge in [-0.05, 0) is 42.8 Å². The molecule has 1 aliphatic heterocycles. The number of rotatable bonds is 4. The average molecular weight is 374 g/mol. The molecule has 2 amide bonds. The lowest BCUT2D eigenvalue weighted by Gasteiger charge is -2.24. The molecule has 2 aromatic rings. The van der Waals surface area contributed by atoms with E-state index in [1.54, 1.807) is 6.07 Å². The number of nitrogens with zero attached hydrogens (tertiary/aromatic N) is 1.